The molecule has 3 rings (SSSR count). The largest absolute Gasteiger partial charge is 0.493 e. The molecule has 0 saturated heterocycles. The maximum Gasteiger partial charge on any atom is 0.287 e. The second-order valence-electron chi connectivity index (χ2n) is 5.73. The minimum atomic E-state index is -0.327. The Kier molecular flexibility index (Phi) is 5.61. The van der Waals surface area contributed by atoms with Crippen LogP contribution in [0.3, 0.4) is 0 Å². The lowest BCUT2D eigenvalue weighted by atomic mass is 10.2. The van der Waals surface area contributed by atoms with E-state index in [1.807, 2.05) is 18.2 Å². The Morgan fingerprint density at radius 1 is 0.889 bits per heavy atom. The lowest BCUT2D eigenvalue weighted by molar-refractivity contribution is 0.0912. The molecular formula is C20H20N2O5. The van der Waals surface area contributed by atoms with Crippen molar-refractivity contribution in [1.82, 2.24) is 10.6 Å². The molecule has 3 aromatic rings. The van der Waals surface area contributed by atoms with Crippen LogP contribution in [0.2, 0.25) is 0 Å². The van der Waals surface area contributed by atoms with E-state index in [0.29, 0.717) is 22.6 Å². The van der Waals surface area contributed by atoms with E-state index in [-0.39, 0.29) is 30.7 Å². The Labute approximate surface area is 156 Å². The summed E-state index contributed by atoms with van der Waals surface area (Å²) >= 11 is 0. The van der Waals surface area contributed by atoms with Gasteiger partial charge >= 0.3 is 0 Å². The van der Waals surface area contributed by atoms with Crippen molar-refractivity contribution in [3.8, 4) is 11.5 Å². The number of hydrogen-bond donors (Lipinski definition) is 2. The number of fused-ring (bicyclic) bond motifs is 1. The molecule has 0 atom stereocenters. The van der Waals surface area contributed by atoms with Crippen molar-refractivity contribution in [2.75, 3.05) is 27.3 Å². The van der Waals surface area contributed by atoms with E-state index < -0.39 is 0 Å². The highest BCUT2D eigenvalue weighted by Crippen LogP contribution is 2.27. The number of hydrogen-bond acceptors (Lipinski definition) is 5. The maximum absolute atomic E-state index is 12.2. The van der Waals surface area contributed by atoms with E-state index in [1.54, 1.807) is 30.3 Å². The lowest BCUT2D eigenvalue weighted by Gasteiger charge is -2.10. The highest BCUT2D eigenvalue weighted by molar-refractivity contribution is 5.96. The minimum absolute atomic E-state index is 0.238. The fraction of sp³-hybridized carbons (Fsp3) is 0.200. The summed E-state index contributed by atoms with van der Waals surface area (Å²) in [6.07, 6.45) is 0. The molecule has 2 amide bonds. The number of carbonyl (C=O) groups excluding carboxylic acids is 2. The number of rotatable bonds is 7. The van der Waals surface area contributed by atoms with Gasteiger partial charge in [0.1, 0.15) is 5.58 Å². The van der Waals surface area contributed by atoms with Crippen LogP contribution in [0.5, 0.6) is 11.5 Å². The van der Waals surface area contributed by atoms with Crippen LogP contribution in [0.25, 0.3) is 11.0 Å². The van der Waals surface area contributed by atoms with Crippen molar-refractivity contribution in [3.63, 3.8) is 0 Å². The summed E-state index contributed by atoms with van der Waals surface area (Å²) in [5.74, 6) is 0.665. The van der Waals surface area contributed by atoms with E-state index in [2.05, 4.69) is 10.6 Å². The Morgan fingerprint density at radius 3 is 2.30 bits per heavy atom. The van der Waals surface area contributed by atoms with Crippen LogP contribution in [-0.4, -0.2) is 39.1 Å². The molecule has 7 heteroatoms. The topological polar surface area (TPSA) is 89.8 Å². The zero-order valence-corrected chi connectivity index (χ0v) is 15.1. The van der Waals surface area contributed by atoms with Crippen molar-refractivity contribution in [1.29, 1.82) is 0 Å². The van der Waals surface area contributed by atoms with Crippen molar-refractivity contribution in [3.05, 3.63) is 59.9 Å². The van der Waals surface area contributed by atoms with Gasteiger partial charge in [0.05, 0.1) is 14.2 Å². The molecule has 1 heterocycles. The normalized spacial score (nSPS) is 10.4. The summed E-state index contributed by atoms with van der Waals surface area (Å²) in [5.41, 5.74) is 1.10. The van der Waals surface area contributed by atoms with Crippen LogP contribution in [0.1, 0.15) is 20.9 Å². The summed E-state index contributed by atoms with van der Waals surface area (Å²) in [5, 5.41) is 6.32. The molecular weight excluding hydrogens is 348 g/mol. The molecule has 2 aromatic carbocycles. The number of carbonyl (C=O) groups is 2. The Morgan fingerprint density at radius 2 is 1.59 bits per heavy atom. The number of methoxy groups -OCH3 is 2. The molecule has 2 N–H and O–H groups in total. The number of para-hydroxylation sites is 1. The van der Waals surface area contributed by atoms with E-state index >= 15 is 0 Å². The van der Waals surface area contributed by atoms with Gasteiger partial charge in [-0.2, -0.15) is 0 Å². The first-order valence-electron chi connectivity index (χ1n) is 8.39. The maximum atomic E-state index is 12.2. The minimum Gasteiger partial charge on any atom is -0.493 e. The van der Waals surface area contributed by atoms with Gasteiger partial charge in [-0.3, -0.25) is 9.59 Å². The fourth-order valence-corrected chi connectivity index (χ4v) is 2.61. The standard InChI is InChI=1S/C20H20N2O5/c1-25-16-8-7-14(12-17(16)26-2)19(23)21-9-10-22-20(24)18-11-13-5-3-4-6-15(13)27-18/h3-8,11-12H,9-10H2,1-2H3,(H,21,23)(H,22,24). The van der Waals surface area contributed by atoms with Crippen LogP contribution in [0.4, 0.5) is 0 Å². The van der Waals surface area contributed by atoms with Crippen LogP contribution in [-0.2, 0) is 0 Å². The molecule has 7 nitrogen and oxygen atoms in total. The number of nitrogens with one attached hydrogen (secondary N) is 2. The summed E-state index contributed by atoms with van der Waals surface area (Å²) in [6.45, 7) is 0.550. The predicted octanol–water partition coefficient (Wildman–Crippen LogP) is 2.61. The first-order chi connectivity index (χ1) is 13.1. The van der Waals surface area contributed by atoms with Gasteiger partial charge in [0.15, 0.2) is 17.3 Å². The Hall–Kier alpha value is -3.48. The molecule has 0 fully saturated rings. The molecule has 0 aliphatic carbocycles. The molecule has 0 saturated carbocycles. The molecule has 0 bridgehead atoms. The molecule has 0 radical (unpaired) electrons. The molecule has 1 aromatic heterocycles. The van der Waals surface area contributed by atoms with Crippen LogP contribution < -0.4 is 20.1 Å². The fourth-order valence-electron chi connectivity index (χ4n) is 2.61. The Balaban J connectivity index is 1.50. The van der Waals surface area contributed by atoms with Crippen molar-refractivity contribution in [2.45, 2.75) is 0 Å². The quantitative estimate of drug-likeness (QED) is 0.626. The lowest BCUT2D eigenvalue weighted by Crippen LogP contribution is -2.34. The molecule has 27 heavy (non-hydrogen) atoms. The van der Waals surface area contributed by atoms with E-state index in [0.717, 1.165) is 5.39 Å². The van der Waals surface area contributed by atoms with Gasteiger partial charge < -0.3 is 24.5 Å². The molecule has 0 spiro atoms. The van der Waals surface area contributed by atoms with Crippen molar-refractivity contribution >= 4 is 22.8 Å². The second kappa shape index (κ2) is 8.27. The van der Waals surface area contributed by atoms with Gasteiger partial charge in [-0.15, -0.1) is 0 Å². The summed E-state index contributed by atoms with van der Waals surface area (Å²) in [4.78, 5) is 24.3. The molecule has 0 aliphatic rings. The van der Waals surface area contributed by atoms with E-state index in [1.165, 1.54) is 14.2 Å². The van der Waals surface area contributed by atoms with E-state index in [4.69, 9.17) is 13.9 Å². The highest BCUT2D eigenvalue weighted by atomic mass is 16.5. The van der Waals surface area contributed by atoms with Gasteiger partial charge in [0.25, 0.3) is 11.8 Å². The Bertz CT molecular complexity index is 931. The zero-order chi connectivity index (χ0) is 19.2. The van der Waals surface area contributed by atoms with Crippen LogP contribution in [0.15, 0.2) is 52.9 Å². The molecule has 0 unspecified atom stereocenters. The number of benzene rings is 2. The smallest absolute Gasteiger partial charge is 0.287 e. The van der Waals surface area contributed by atoms with Crippen LogP contribution in [0, 0.1) is 0 Å². The molecule has 140 valence electrons. The predicted molar refractivity (Wildman–Crippen MR) is 100 cm³/mol. The first kappa shape index (κ1) is 18.3. The van der Waals surface area contributed by atoms with Gasteiger partial charge in [0.2, 0.25) is 0 Å². The summed E-state index contributed by atoms with van der Waals surface area (Å²) in [6, 6.07) is 14.0. The second-order valence-corrected chi connectivity index (χ2v) is 5.73. The number of ether oxygens (including phenoxy) is 2. The number of amides is 2. The third-order valence-corrected chi connectivity index (χ3v) is 3.99. The van der Waals surface area contributed by atoms with Gasteiger partial charge in [-0.25, -0.2) is 0 Å². The zero-order valence-electron chi connectivity index (χ0n) is 15.1. The van der Waals surface area contributed by atoms with Crippen molar-refractivity contribution < 1.29 is 23.5 Å². The average Bonchev–Trinajstić information content (AvgIpc) is 3.14. The van der Waals surface area contributed by atoms with Gasteiger partial charge in [0, 0.05) is 24.0 Å². The SMILES string of the molecule is COc1ccc(C(=O)NCCNC(=O)c2cc3ccccc3o2)cc1OC. The van der Waals surface area contributed by atoms with Gasteiger partial charge in [-0.1, -0.05) is 18.2 Å². The van der Waals surface area contributed by atoms with E-state index in [9.17, 15) is 9.59 Å². The van der Waals surface area contributed by atoms with Crippen LogP contribution >= 0.6 is 0 Å². The molecule has 0 aliphatic heterocycles. The average molecular weight is 368 g/mol. The third-order valence-electron chi connectivity index (χ3n) is 3.99. The number of furan rings is 1. The monoisotopic (exact) mass is 368 g/mol. The highest BCUT2D eigenvalue weighted by Gasteiger charge is 2.13. The summed E-state index contributed by atoms with van der Waals surface area (Å²) < 4.78 is 15.8. The van der Waals surface area contributed by atoms with Crippen molar-refractivity contribution in [2.24, 2.45) is 0 Å². The van der Waals surface area contributed by atoms with Gasteiger partial charge in [-0.05, 0) is 30.3 Å². The summed E-state index contributed by atoms with van der Waals surface area (Å²) in [7, 11) is 3.04. The third kappa shape index (κ3) is 4.20. The first-order valence-corrected chi connectivity index (χ1v) is 8.39.